The van der Waals surface area contributed by atoms with Gasteiger partial charge in [-0.15, -0.1) is 0 Å². The summed E-state index contributed by atoms with van der Waals surface area (Å²) < 4.78 is -1.45. The van der Waals surface area contributed by atoms with Gasteiger partial charge in [0.25, 0.3) is 0 Å². The molecule has 0 saturated carbocycles. The fourth-order valence-corrected chi connectivity index (χ4v) is 2.27. The van der Waals surface area contributed by atoms with Gasteiger partial charge in [-0.25, -0.2) is 0 Å². The zero-order valence-electron chi connectivity index (χ0n) is 10.3. The van der Waals surface area contributed by atoms with Crippen molar-refractivity contribution < 1.29 is 0 Å². The Bertz CT molecular complexity index is 521. The summed E-state index contributed by atoms with van der Waals surface area (Å²) in [6.07, 6.45) is 3.37. The molecule has 0 aliphatic rings. The number of nitrogens with zero attached hydrogens (tertiary/aromatic N) is 1. The van der Waals surface area contributed by atoms with Gasteiger partial charge in [0.05, 0.1) is 6.04 Å². The second-order valence-electron chi connectivity index (χ2n) is 4.27. The molecule has 19 heavy (non-hydrogen) atoms. The molecular formula is C14H13Cl3N2. The summed E-state index contributed by atoms with van der Waals surface area (Å²) in [5, 5.41) is 3.22. The first-order valence-electron chi connectivity index (χ1n) is 5.76. The standard InChI is InChI=1S/C14H13Cl3N2/c1-10-2-4-11(5-3-10)13(14(15,16)17)19-12-6-8-18-9-7-12/h2-9,13H,1H3,(H,18,19). The summed E-state index contributed by atoms with van der Waals surface area (Å²) in [7, 11) is 0. The number of halogens is 3. The summed E-state index contributed by atoms with van der Waals surface area (Å²) in [4.78, 5) is 3.96. The summed E-state index contributed by atoms with van der Waals surface area (Å²) in [6, 6.07) is 11.1. The number of nitrogens with one attached hydrogen (secondary N) is 1. The third-order valence-electron chi connectivity index (χ3n) is 2.73. The average Bonchev–Trinajstić information content (AvgIpc) is 2.37. The van der Waals surface area contributed by atoms with Crippen molar-refractivity contribution in [2.24, 2.45) is 0 Å². The van der Waals surface area contributed by atoms with Crippen LogP contribution in [0.5, 0.6) is 0 Å². The Morgan fingerprint density at radius 2 is 1.58 bits per heavy atom. The molecule has 2 aromatic rings. The second-order valence-corrected chi connectivity index (χ2v) is 6.63. The summed E-state index contributed by atoms with van der Waals surface area (Å²) in [5.74, 6) is 0. The minimum absolute atomic E-state index is 0.430. The van der Waals surface area contributed by atoms with Crippen molar-refractivity contribution in [3.63, 3.8) is 0 Å². The van der Waals surface area contributed by atoms with E-state index >= 15 is 0 Å². The molecule has 1 N–H and O–H groups in total. The van der Waals surface area contributed by atoms with Crippen LogP contribution in [0.3, 0.4) is 0 Å². The van der Waals surface area contributed by atoms with Crippen molar-refractivity contribution >= 4 is 40.5 Å². The van der Waals surface area contributed by atoms with Gasteiger partial charge in [-0.05, 0) is 24.6 Å². The Kier molecular flexibility index (Phi) is 4.56. The normalized spacial score (nSPS) is 13.1. The predicted molar refractivity (Wildman–Crippen MR) is 82.1 cm³/mol. The van der Waals surface area contributed by atoms with E-state index in [2.05, 4.69) is 10.3 Å². The summed E-state index contributed by atoms with van der Waals surface area (Å²) in [6.45, 7) is 2.02. The van der Waals surface area contributed by atoms with Gasteiger partial charge < -0.3 is 5.32 Å². The van der Waals surface area contributed by atoms with Crippen molar-refractivity contribution in [2.45, 2.75) is 16.8 Å². The third kappa shape index (κ3) is 4.00. The molecule has 0 amide bonds. The summed E-state index contributed by atoms with van der Waals surface area (Å²) >= 11 is 18.2. The number of aromatic nitrogens is 1. The number of benzene rings is 1. The summed E-state index contributed by atoms with van der Waals surface area (Å²) in [5.41, 5.74) is 2.94. The highest BCUT2D eigenvalue weighted by molar-refractivity contribution is 6.68. The van der Waals surface area contributed by atoms with Crippen molar-refractivity contribution in [2.75, 3.05) is 5.32 Å². The van der Waals surface area contributed by atoms with E-state index in [1.807, 2.05) is 43.3 Å². The maximum atomic E-state index is 6.08. The number of rotatable bonds is 3. The lowest BCUT2D eigenvalue weighted by atomic mass is 10.1. The molecule has 0 saturated heterocycles. The SMILES string of the molecule is Cc1ccc(C(Nc2ccncc2)C(Cl)(Cl)Cl)cc1. The minimum atomic E-state index is -1.45. The fourth-order valence-electron chi connectivity index (χ4n) is 1.73. The Labute approximate surface area is 127 Å². The lowest BCUT2D eigenvalue weighted by molar-refractivity contribution is 0.805. The zero-order chi connectivity index (χ0) is 13.9. The van der Waals surface area contributed by atoms with Crippen LogP contribution in [0.2, 0.25) is 0 Å². The fraction of sp³-hybridized carbons (Fsp3) is 0.214. The van der Waals surface area contributed by atoms with Gasteiger partial charge in [0.15, 0.2) is 0 Å². The number of alkyl halides is 3. The first-order valence-corrected chi connectivity index (χ1v) is 6.90. The van der Waals surface area contributed by atoms with Gasteiger partial charge in [0, 0.05) is 18.1 Å². The van der Waals surface area contributed by atoms with E-state index in [1.165, 1.54) is 0 Å². The van der Waals surface area contributed by atoms with Gasteiger partial charge in [0.2, 0.25) is 3.79 Å². The topological polar surface area (TPSA) is 24.9 Å². The molecule has 1 atom stereocenters. The Hall–Kier alpha value is -0.960. The molecule has 1 unspecified atom stereocenters. The maximum absolute atomic E-state index is 6.08. The Morgan fingerprint density at radius 3 is 2.11 bits per heavy atom. The van der Waals surface area contributed by atoms with Crippen LogP contribution in [0.25, 0.3) is 0 Å². The van der Waals surface area contributed by atoms with E-state index < -0.39 is 9.83 Å². The first-order chi connectivity index (χ1) is 8.97. The Balaban J connectivity index is 2.29. The number of hydrogen-bond donors (Lipinski definition) is 1. The molecule has 0 aliphatic heterocycles. The third-order valence-corrected chi connectivity index (χ3v) is 3.38. The van der Waals surface area contributed by atoms with Crippen molar-refractivity contribution in [3.8, 4) is 0 Å². The molecule has 1 aromatic carbocycles. The molecule has 2 rings (SSSR count). The lowest BCUT2D eigenvalue weighted by Gasteiger charge is -2.27. The molecule has 1 heterocycles. The molecule has 0 aliphatic carbocycles. The quantitative estimate of drug-likeness (QED) is 0.814. The lowest BCUT2D eigenvalue weighted by Crippen LogP contribution is -2.25. The van der Waals surface area contributed by atoms with E-state index in [4.69, 9.17) is 34.8 Å². The van der Waals surface area contributed by atoms with Crippen LogP contribution in [-0.2, 0) is 0 Å². The van der Waals surface area contributed by atoms with Crippen LogP contribution in [-0.4, -0.2) is 8.78 Å². The molecule has 5 heteroatoms. The molecule has 100 valence electrons. The van der Waals surface area contributed by atoms with E-state index in [1.54, 1.807) is 12.4 Å². The molecule has 2 nitrogen and oxygen atoms in total. The molecule has 0 bridgehead atoms. The van der Waals surface area contributed by atoms with Crippen LogP contribution >= 0.6 is 34.8 Å². The molecule has 1 aromatic heterocycles. The second kappa shape index (κ2) is 6.00. The van der Waals surface area contributed by atoms with E-state index in [-0.39, 0.29) is 0 Å². The van der Waals surface area contributed by atoms with Gasteiger partial charge >= 0.3 is 0 Å². The average molecular weight is 316 g/mol. The largest absolute Gasteiger partial charge is 0.374 e. The highest BCUT2D eigenvalue weighted by Gasteiger charge is 2.33. The van der Waals surface area contributed by atoms with Gasteiger partial charge in [-0.3, -0.25) is 4.98 Å². The minimum Gasteiger partial charge on any atom is -0.374 e. The van der Waals surface area contributed by atoms with Crippen LogP contribution in [0.4, 0.5) is 5.69 Å². The number of aryl methyl sites for hydroxylation is 1. The van der Waals surface area contributed by atoms with Gasteiger partial charge in [-0.1, -0.05) is 64.6 Å². The van der Waals surface area contributed by atoms with E-state index in [0.29, 0.717) is 0 Å². The predicted octanol–water partition coefficient (Wildman–Crippen LogP) is 4.91. The molecule has 0 spiro atoms. The smallest absolute Gasteiger partial charge is 0.214 e. The van der Waals surface area contributed by atoms with Gasteiger partial charge in [0.1, 0.15) is 0 Å². The molecule has 0 fully saturated rings. The maximum Gasteiger partial charge on any atom is 0.214 e. The van der Waals surface area contributed by atoms with Crippen molar-refractivity contribution in [1.82, 2.24) is 4.98 Å². The molecular weight excluding hydrogens is 303 g/mol. The van der Waals surface area contributed by atoms with Crippen LogP contribution < -0.4 is 5.32 Å². The number of pyridine rings is 1. The van der Waals surface area contributed by atoms with Crippen LogP contribution in [0.1, 0.15) is 17.2 Å². The first kappa shape index (κ1) is 14.4. The zero-order valence-corrected chi connectivity index (χ0v) is 12.5. The van der Waals surface area contributed by atoms with Crippen LogP contribution in [0.15, 0.2) is 48.8 Å². The van der Waals surface area contributed by atoms with Gasteiger partial charge in [-0.2, -0.15) is 0 Å². The van der Waals surface area contributed by atoms with Crippen molar-refractivity contribution in [3.05, 3.63) is 59.9 Å². The molecule has 0 radical (unpaired) electrons. The van der Waals surface area contributed by atoms with E-state index in [9.17, 15) is 0 Å². The Morgan fingerprint density at radius 1 is 1.00 bits per heavy atom. The van der Waals surface area contributed by atoms with Crippen LogP contribution in [0, 0.1) is 6.92 Å². The number of hydrogen-bond acceptors (Lipinski definition) is 2. The highest BCUT2D eigenvalue weighted by Crippen LogP contribution is 2.41. The monoisotopic (exact) mass is 314 g/mol. The van der Waals surface area contributed by atoms with Crippen molar-refractivity contribution in [1.29, 1.82) is 0 Å². The highest BCUT2D eigenvalue weighted by atomic mass is 35.6. The number of anilines is 1. The van der Waals surface area contributed by atoms with E-state index in [0.717, 1.165) is 16.8 Å².